The fourth-order valence-corrected chi connectivity index (χ4v) is 5.05. The van der Waals surface area contributed by atoms with E-state index in [-0.39, 0.29) is 23.3 Å². The van der Waals surface area contributed by atoms with Crippen molar-refractivity contribution in [3.8, 4) is 0 Å². The van der Waals surface area contributed by atoms with Crippen LogP contribution in [0.15, 0.2) is 47.4 Å². The summed E-state index contributed by atoms with van der Waals surface area (Å²) in [5.41, 5.74) is 0.403. The summed E-state index contributed by atoms with van der Waals surface area (Å²) in [6.45, 7) is 1.87. The van der Waals surface area contributed by atoms with Gasteiger partial charge in [0.25, 0.3) is 0 Å². The van der Waals surface area contributed by atoms with E-state index in [1.165, 1.54) is 12.1 Å². The molecule has 0 unspecified atom stereocenters. The van der Waals surface area contributed by atoms with E-state index in [2.05, 4.69) is 14.9 Å². The minimum absolute atomic E-state index is 0.0428. The van der Waals surface area contributed by atoms with Crippen LogP contribution in [0.1, 0.15) is 19.3 Å². The molecule has 3 rings (SSSR count). The number of rotatable bonds is 7. The minimum Gasteiger partial charge on any atom is -0.324 e. The first kappa shape index (κ1) is 23.0. The van der Waals surface area contributed by atoms with Gasteiger partial charge in [0, 0.05) is 19.0 Å². The molecule has 0 spiro atoms. The maximum absolute atomic E-state index is 13.0. The summed E-state index contributed by atoms with van der Waals surface area (Å²) < 4.78 is 40.5. The summed E-state index contributed by atoms with van der Waals surface area (Å²) in [6.07, 6.45) is 1.52. The quantitative estimate of drug-likeness (QED) is 0.638. The zero-order chi connectivity index (χ0) is 21.7. The molecule has 10 heteroatoms. The van der Waals surface area contributed by atoms with E-state index < -0.39 is 15.8 Å². The number of hydrogen-bond donors (Lipinski definition) is 2. The molecular formula is C20H22Cl2FN3O3S. The molecule has 1 aliphatic heterocycles. The van der Waals surface area contributed by atoms with Crippen molar-refractivity contribution in [3.63, 3.8) is 0 Å². The lowest BCUT2D eigenvalue weighted by atomic mass is 10.1. The molecule has 1 amide bonds. The van der Waals surface area contributed by atoms with Crippen LogP contribution in [0.2, 0.25) is 10.0 Å². The third-order valence-electron chi connectivity index (χ3n) is 4.92. The van der Waals surface area contributed by atoms with E-state index in [1.807, 2.05) is 0 Å². The molecule has 30 heavy (non-hydrogen) atoms. The van der Waals surface area contributed by atoms with E-state index in [0.29, 0.717) is 48.2 Å². The number of nitrogens with one attached hydrogen (secondary N) is 2. The van der Waals surface area contributed by atoms with Crippen LogP contribution < -0.4 is 10.0 Å². The van der Waals surface area contributed by atoms with E-state index in [4.69, 9.17) is 23.2 Å². The van der Waals surface area contributed by atoms with Crippen LogP contribution in [-0.2, 0) is 14.8 Å². The highest BCUT2D eigenvalue weighted by molar-refractivity contribution is 7.89. The van der Waals surface area contributed by atoms with Crippen LogP contribution in [0.3, 0.4) is 0 Å². The highest BCUT2D eigenvalue weighted by Crippen LogP contribution is 2.29. The Bertz CT molecular complexity index is 975. The molecule has 0 saturated carbocycles. The first-order valence-corrected chi connectivity index (χ1v) is 11.7. The van der Waals surface area contributed by atoms with Gasteiger partial charge in [0.15, 0.2) is 0 Å². The number of para-hydroxylation sites is 1. The van der Waals surface area contributed by atoms with Gasteiger partial charge in [-0.1, -0.05) is 29.3 Å². The number of carbonyl (C=O) groups excluding carboxylic acids is 1. The van der Waals surface area contributed by atoms with Crippen molar-refractivity contribution in [2.24, 2.45) is 0 Å². The van der Waals surface area contributed by atoms with Crippen molar-refractivity contribution >= 4 is 44.8 Å². The standard InChI is InChI=1S/C20H22Cl2FN3O3S/c21-17-2-1-3-18(22)20(17)24-19(27)10-13-26-11-8-15(9-12-26)25-30(28,29)16-6-4-14(23)5-7-16/h1-7,15,25H,8-13H2,(H,24,27). The van der Waals surface area contributed by atoms with Gasteiger partial charge < -0.3 is 10.2 Å². The Kier molecular flexibility index (Phi) is 7.70. The maximum atomic E-state index is 13.0. The summed E-state index contributed by atoms with van der Waals surface area (Å²) in [6, 6.07) is 9.55. The predicted molar refractivity (Wildman–Crippen MR) is 116 cm³/mol. The topological polar surface area (TPSA) is 78.5 Å². The number of halogens is 3. The van der Waals surface area contributed by atoms with Gasteiger partial charge in [0.1, 0.15) is 5.82 Å². The Morgan fingerprint density at radius 2 is 1.67 bits per heavy atom. The van der Waals surface area contributed by atoms with Gasteiger partial charge in [0.2, 0.25) is 15.9 Å². The first-order valence-electron chi connectivity index (χ1n) is 9.49. The largest absolute Gasteiger partial charge is 0.324 e. The lowest BCUT2D eigenvalue weighted by Gasteiger charge is -2.32. The predicted octanol–water partition coefficient (Wildman–Crippen LogP) is 3.90. The zero-order valence-corrected chi connectivity index (χ0v) is 18.4. The lowest BCUT2D eigenvalue weighted by Crippen LogP contribution is -2.45. The molecule has 2 N–H and O–H groups in total. The van der Waals surface area contributed by atoms with E-state index >= 15 is 0 Å². The van der Waals surface area contributed by atoms with Crippen molar-refractivity contribution in [2.75, 3.05) is 25.0 Å². The van der Waals surface area contributed by atoms with Crippen molar-refractivity contribution in [1.29, 1.82) is 0 Å². The molecule has 0 aliphatic carbocycles. The number of sulfonamides is 1. The number of piperidine rings is 1. The molecule has 6 nitrogen and oxygen atoms in total. The zero-order valence-electron chi connectivity index (χ0n) is 16.1. The fraction of sp³-hybridized carbons (Fsp3) is 0.350. The van der Waals surface area contributed by atoms with Gasteiger partial charge in [-0.05, 0) is 62.3 Å². The Morgan fingerprint density at radius 3 is 2.27 bits per heavy atom. The van der Waals surface area contributed by atoms with Crippen LogP contribution in [0, 0.1) is 5.82 Å². The number of carbonyl (C=O) groups is 1. The molecule has 1 aliphatic rings. The van der Waals surface area contributed by atoms with Crippen LogP contribution >= 0.6 is 23.2 Å². The molecule has 162 valence electrons. The van der Waals surface area contributed by atoms with Gasteiger partial charge in [-0.3, -0.25) is 4.79 Å². The molecule has 0 bridgehead atoms. The fourth-order valence-electron chi connectivity index (χ4n) is 3.25. The van der Waals surface area contributed by atoms with E-state index in [0.717, 1.165) is 12.1 Å². The van der Waals surface area contributed by atoms with Crippen LogP contribution in [0.5, 0.6) is 0 Å². The summed E-state index contributed by atoms with van der Waals surface area (Å²) in [5.74, 6) is -0.674. The molecular weight excluding hydrogens is 452 g/mol. The van der Waals surface area contributed by atoms with Crippen molar-refractivity contribution in [2.45, 2.75) is 30.2 Å². The highest BCUT2D eigenvalue weighted by atomic mass is 35.5. The van der Waals surface area contributed by atoms with Crippen LogP contribution in [0.25, 0.3) is 0 Å². The first-order chi connectivity index (χ1) is 14.2. The van der Waals surface area contributed by atoms with Crippen molar-refractivity contribution in [3.05, 3.63) is 58.3 Å². The second-order valence-corrected chi connectivity index (χ2v) is 9.61. The third kappa shape index (κ3) is 6.15. The van der Waals surface area contributed by atoms with Crippen LogP contribution in [-0.4, -0.2) is 44.9 Å². The molecule has 2 aromatic rings. The molecule has 1 heterocycles. The highest BCUT2D eigenvalue weighted by Gasteiger charge is 2.25. The van der Waals surface area contributed by atoms with Gasteiger partial charge in [-0.15, -0.1) is 0 Å². The SMILES string of the molecule is O=C(CCN1CCC(NS(=O)(=O)c2ccc(F)cc2)CC1)Nc1c(Cl)cccc1Cl. The number of hydrogen-bond acceptors (Lipinski definition) is 4. The molecule has 1 fully saturated rings. The van der Waals surface area contributed by atoms with Gasteiger partial charge in [0.05, 0.1) is 20.6 Å². The lowest BCUT2D eigenvalue weighted by molar-refractivity contribution is -0.116. The minimum atomic E-state index is -3.69. The number of nitrogens with zero attached hydrogens (tertiary/aromatic N) is 1. The molecule has 0 radical (unpaired) electrons. The summed E-state index contributed by atoms with van der Waals surface area (Å²) in [5, 5.41) is 3.49. The smallest absolute Gasteiger partial charge is 0.240 e. The summed E-state index contributed by atoms with van der Waals surface area (Å²) in [4.78, 5) is 14.4. The third-order valence-corrected chi connectivity index (χ3v) is 7.08. The van der Waals surface area contributed by atoms with Gasteiger partial charge in [-0.2, -0.15) is 0 Å². The molecule has 2 aromatic carbocycles. The second kappa shape index (κ2) is 10.1. The van der Waals surface area contributed by atoms with Gasteiger partial charge >= 0.3 is 0 Å². The number of likely N-dealkylation sites (tertiary alicyclic amines) is 1. The van der Waals surface area contributed by atoms with E-state index in [9.17, 15) is 17.6 Å². The molecule has 0 aromatic heterocycles. The Hall–Kier alpha value is -1.71. The number of amides is 1. The molecule has 0 atom stereocenters. The van der Waals surface area contributed by atoms with Gasteiger partial charge in [-0.25, -0.2) is 17.5 Å². The Labute approximate surface area is 185 Å². The summed E-state index contributed by atoms with van der Waals surface area (Å²) in [7, 11) is -3.69. The Morgan fingerprint density at radius 1 is 1.07 bits per heavy atom. The normalized spacial score (nSPS) is 15.8. The summed E-state index contributed by atoms with van der Waals surface area (Å²) >= 11 is 12.1. The number of benzene rings is 2. The van der Waals surface area contributed by atoms with Crippen molar-refractivity contribution in [1.82, 2.24) is 9.62 Å². The Balaban J connectivity index is 1.44. The second-order valence-electron chi connectivity index (χ2n) is 7.09. The average Bonchev–Trinajstić information content (AvgIpc) is 2.70. The average molecular weight is 474 g/mol. The number of anilines is 1. The van der Waals surface area contributed by atoms with Crippen molar-refractivity contribution < 1.29 is 17.6 Å². The monoisotopic (exact) mass is 473 g/mol. The van der Waals surface area contributed by atoms with E-state index in [1.54, 1.807) is 18.2 Å². The maximum Gasteiger partial charge on any atom is 0.240 e. The molecule has 1 saturated heterocycles. The van der Waals surface area contributed by atoms with Crippen LogP contribution in [0.4, 0.5) is 10.1 Å².